The lowest BCUT2D eigenvalue weighted by molar-refractivity contribution is -0.00920. The molecular formula is C18H24N4OS. The number of benzene rings is 1. The van der Waals surface area contributed by atoms with E-state index in [4.69, 9.17) is 17.0 Å². The molecule has 1 aromatic carbocycles. The van der Waals surface area contributed by atoms with Gasteiger partial charge in [-0.05, 0) is 43.5 Å². The van der Waals surface area contributed by atoms with E-state index in [1.54, 1.807) is 0 Å². The SMILES string of the molecule is S=c1n(C2CC2)cnn1CN1CCC(OCc2ccccc2)CC1. The van der Waals surface area contributed by atoms with Crippen molar-refractivity contribution in [1.29, 1.82) is 0 Å². The lowest BCUT2D eigenvalue weighted by Gasteiger charge is -2.31. The number of piperidine rings is 1. The number of hydrogen-bond acceptors (Lipinski definition) is 4. The van der Waals surface area contributed by atoms with Crippen molar-refractivity contribution in [3.8, 4) is 0 Å². The summed E-state index contributed by atoms with van der Waals surface area (Å²) < 4.78 is 11.0. The first-order valence-electron chi connectivity index (χ1n) is 8.81. The molecule has 1 saturated carbocycles. The smallest absolute Gasteiger partial charge is 0.199 e. The summed E-state index contributed by atoms with van der Waals surface area (Å²) in [5.74, 6) is 0. The molecule has 0 N–H and O–H groups in total. The summed E-state index contributed by atoms with van der Waals surface area (Å²) in [5, 5.41) is 4.47. The molecule has 1 aliphatic carbocycles. The van der Waals surface area contributed by atoms with Crippen LogP contribution in [0.15, 0.2) is 36.7 Å². The minimum Gasteiger partial charge on any atom is -0.373 e. The molecule has 128 valence electrons. The van der Waals surface area contributed by atoms with Crippen molar-refractivity contribution in [2.24, 2.45) is 0 Å². The molecule has 0 atom stereocenters. The van der Waals surface area contributed by atoms with Crippen molar-refractivity contribution in [2.75, 3.05) is 13.1 Å². The molecule has 2 fully saturated rings. The number of hydrogen-bond donors (Lipinski definition) is 0. The minimum atomic E-state index is 0.360. The highest BCUT2D eigenvalue weighted by molar-refractivity contribution is 7.71. The van der Waals surface area contributed by atoms with E-state index in [-0.39, 0.29) is 0 Å². The summed E-state index contributed by atoms with van der Waals surface area (Å²) in [4.78, 5) is 2.42. The largest absolute Gasteiger partial charge is 0.373 e. The van der Waals surface area contributed by atoms with Gasteiger partial charge in [-0.2, -0.15) is 5.10 Å². The lowest BCUT2D eigenvalue weighted by Crippen LogP contribution is -2.38. The highest BCUT2D eigenvalue weighted by Crippen LogP contribution is 2.34. The van der Waals surface area contributed by atoms with Gasteiger partial charge < -0.3 is 9.30 Å². The van der Waals surface area contributed by atoms with Crippen LogP contribution in [-0.4, -0.2) is 38.4 Å². The molecular weight excluding hydrogens is 320 g/mol. The first kappa shape index (κ1) is 16.0. The predicted octanol–water partition coefficient (Wildman–Crippen LogP) is 3.39. The van der Waals surface area contributed by atoms with Crippen molar-refractivity contribution in [3.05, 3.63) is 47.0 Å². The van der Waals surface area contributed by atoms with E-state index in [0.29, 0.717) is 18.8 Å². The van der Waals surface area contributed by atoms with Crippen molar-refractivity contribution in [3.63, 3.8) is 0 Å². The van der Waals surface area contributed by atoms with Crippen molar-refractivity contribution >= 4 is 12.2 Å². The van der Waals surface area contributed by atoms with Crippen LogP contribution < -0.4 is 0 Å². The monoisotopic (exact) mass is 344 g/mol. The van der Waals surface area contributed by atoms with Gasteiger partial charge in [-0.15, -0.1) is 0 Å². The molecule has 24 heavy (non-hydrogen) atoms. The molecule has 6 heteroatoms. The zero-order valence-electron chi connectivity index (χ0n) is 13.9. The van der Waals surface area contributed by atoms with Gasteiger partial charge in [-0.3, -0.25) is 4.90 Å². The molecule has 2 aliphatic rings. The quantitative estimate of drug-likeness (QED) is 0.753. The fraction of sp³-hybridized carbons (Fsp3) is 0.556. The van der Waals surface area contributed by atoms with Crippen LogP contribution in [-0.2, 0) is 18.0 Å². The van der Waals surface area contributed by atoms with Crippen LogP contribution >= 0.6 is 12.2 Å². The summed E-state index contributed by atoms with van der Waals surface area (Å²) >= 11 is 5.54. The van der Waals surface area contributed by atoms with E-state index in [1.807, 2.05) is 17.1 Å². The molecule has 0 amide bonds. The Morgan fingerprint density at radius 3 is 2.54 bits per heavy atom. The highest BCUT2D eigenvalue weighted by atomic mass is 32.1. The molecule has 0 radical (unpaired) electrons. The summed E-state index contributed by atoms with van der Waals surface area (Å²) in [6.45, 7) is 3.58. The Balaban J connectivity index is 1.25. The van der Waals surface area contributed by atoms with E-state index in [1.165, 1.54) is 18.4 Å². The van der Waals surface area contributed by atoms with Crippen LogP contribution in [0.1, 0.15) is 37.3 Å². The normalized spacial score (nSPS) is 19.7. The van der Waals surface area contributed by atoms with Crippen LogP contribution in [0.3, 0.4) is 0 Å². The number of ether oxygens (including phenoxy) is 1. The predicted molar refractivity (Wildman–Crippen MR) is 95.1 cm³/mol. The van der Waals surface area contributed by atoms with E-state index >= 15 is 0 Å². The number of likely N-dealkylation sites (tertiary alicyclic amines) is 1. The molecule has 0 spiro atoms. The van der Waals surface area contributed by atoms with Crippen LogP contribution in [0.2, 0.25) is 0 Å². The maximum absolute atomic E-state index is 6.06. The van der Waals surface area contributed by atoms with Crippen LogP contribution in [0, 0.1) is 4.77 Å². The molecule has 5 nitrogen and oxygen atoms in total. The molecule has 1 saturated heterocycles. The maximum atomic E-state index is 6.06. The number of nitrogens with zero attached hydrogens (tertiary/aromatic N) is 4. The van der Waals surface area contributed by atoms with Gasteiger partial charge in [0.05, 0.1) is 19.4 Å². The minimum absolute atomic E-state index is 0.360. The Kier molecular flexibility index (Phi) is 4.78. The van der Waals surface area contributed by atoms with E-state index in [9.17, 15) is 0 Å². The van der Waals surface area contributed by atoms with Crippen LogP contribution in [0.25, 0.3) is 0 Å². The zero-order valence-corrected chi connectivity index (χ0v) is 14.7. The number of aromatic nitrogens is 3. The first-order chi connectivity index (χ1) is 11.8. The van der Waals surface area contributed by atoms with Gasteiger partial charge in [0, 0.05) is 19.1 Å². The average Bonchev–Trinajstić information content (AvgIpc) is 3.40. The Bertz CT molecular complexity index is 714. The molecule has 0 bridgehead atoms. The topological polar surface area (TPSA) is 35.2 Å². The van der Waals surface area contributed by atoms with Gasteiger partial charge in [-0.1, -0.05) is 30.3 Å². The fourth-order valence-corrected chi connectivity index (χ4v) is 3.55. The second-order valence-electron chi connectivity index (χ2n) is 6.81. The second kappa shape index (κ2) is 7.17. The van der Waals surface area contributed by atoms with Crippen LogP contribution in [0.5, 0.6) is 0 Å². The second-order valence-corrected chi connectivity index (χ2v) is 7.17. The van der Waals surface area contributed by atoms with Gasteiger partial charge >= 0.3 is 0 Å². The third-order valence-electron chi connectivity index (χ3n) is 4.89. The average molecular weight is 344 g/mol. The Hall–Kier alpha value is -1.50. The van der Waals surface area contributed by atoms with Crippen molar-refractivity contribution in [2.45, 2.75) is 51.1 Å². The van der Waals surface area contributed by atoms with Gasteiger partial charge in [0.2, 0.25) is 0 Å². The summed E-state index contributed by atoms with van der Waals surface area (Å²) in [7, 11) is 0. The Labute approximate surface area is 147 Å². The van der Waals surface area contributed by atoms with Crippen LogP contribution in [0.4, 0.5) is 0 Å². The lowest BCUT2D eigenvalue weighted by atomic mass is 10.1. The van der Waals surface area contributed by atoms with Gasteiger partial charge in [0.1, 0.15) is 6.33 Å². The summed E-state index contributed by atoms with van der Waals surface area (Å²) in [6.07, 6.45) is 6.88. The van der Waals surface area contributed by atoms with Gasteiger partial charge in [0.15, 0.2) is 4.77 Å². The summed E-state index contributed by atoms with van der Waals surface area (Å²) in [5.41, 5.74) is 1.25. The van der Waals surface area contributed by atoms with Crippen molar-refractivity contribution < 1.29 is 4.74 Å². The van der Waals surface area contributed by atoms with Gasteiger partial charge in [-0.25, -0.2) is 4.68 Å². The highest BCUT2D eigenvalue weighted by Gasteiger charge is 2.26. The van der Waals surface area contributed by atoms with Crippen molar-refractivity contribution in [1.82, 2.24) is 19.2 Å². The summed E-state index contributed by atoms with van der Waals surface area (Å²) in [6, 6.07) is 11.0. The van der Waals surface area contributed by atoms with E-state index < -0.39 is 0 Å². The van der Waals surface area contributed by atoms with Gasteiger partial charge in [0.25, 0.3) is 0 Å². The Morgan fingerprint density at radius 2 is 1.83 bits per heavy atom. The van der Waals surface area contributed by atoms with E-state index in [0.717, 1.165) is 37.4 Å². The maximum Gasteiger partial charge on any atom is 0.199 e. The molecule has 4 rings (SSSR count). The van der Waals surface area contributed by atoms with E-state index in [2.05, 4.69) is 38.8 Å². The molecule has 2 heterocycles. The first-order valence-corrected chi connectivity index (χ1v) is 9.22. The zero-order chi connectivity index (χ0) is 16.4. The third-order valence-corrected chi connectivity index (χ3v) is 5.32. The third kappa shape index (κ3) is 3.77. The fourth-order valence-electron chi connectivity index (χ4n) is 3.25. The number of rotatable bonds is 6. The molecule has 1 aliphatic heterocycles. The molecule has 0 unspecified atom stereocenters. The standard InChI is InChI=1S/C18H24N4OS/c24-18-21(16-6-7-16)13-19-22(18)14-20-10-8-17(9-11-20)23-12-15-4-2-1-3-5-15/h1-5,13,16-17H,6-12,14H2. The Morgan fingerprint density at radius 1 is 1.08 bits per heavy atom. The molecule has 2 aromatic rings. The molecule has 1 aromatic heterocycles.